The van der Waals surface area contributed by atoms with Crippen LogP contribution in [0.25, 0.3) is 11.1 Å². The van der Waals surface area contributed by atoms with Gasteiger partial charge in [-0.3, -0.25) is 15.1 Å². The van der Waals surface area contributed by atoms with Crippen molar-refractivity contribution in [3.8, 4) is 16.9 Å². The molecule has 1 aromatic heterocycles. The van der Waals surface area contributed by atoms with Crippen LogP contribution in [0.15, 0.2) is 24.3 Å². The zero-order valence-corrected chi connectivity index (χ0v) is 12.3. The zero-order valence-electron chi connectivity index (χ0n) is 12.3. The SMILES string of the molecule is COc1ccc(-c2c(C(=O)O)c(C)nc(C)c2[N+](=O)[O-])cc1. The van der Waals surface area contributed by atoms with Crippen LogP contribution in [-0.2, 0) is 0 Å². The Morgan fingerprint density at radius 1 is 1.23 bits per heavy atom. The first-order valence-corrected chi connectivity index (χ1v) is 6.40. The highest BCUT2D eigenvalue weighted by Crippen LogP contribution is 2.37. The lowest BCUT2D eigenvalue weighted by molar-refractivity contribution is -0.385. The number of aromatic nitrogens is 1. The minimum atomic E-state index is -1.25. The van der Waals surface area contributed by atoms with E-state index in [1.54, 1.807) is 24.3 Å². The summed E-state index contributed by atoms with van der Waals surface area (Å²) in [5.74, 6) is -0.676. The molecule has 1 heterocycles. The van der Waals surface area contributed by atoms with Gasteiger partial charge in [0, 0.05) is 0 Å². The molecule has 0 saturated heterocycles. The quantitative estimate of drug-likeness (QED) is 0.688. The number of aromatic carboxylic acids is 1. The molecule has 22 heavy (non-hydrogen) atoms. The summed E-state index contributed by atoms with van der Waals surface area (Å²) in [7, 11) is 1.50. The van der Waals surface area contributed by atoms with Crippen molar-refractivity contribution < 1.29 is 19.6 Å². The Bertz CT molecular complexity index is 715. The maximum Gasteiger partial charge on any atom is 0.338 e. The molecule has 0 radical (unpaired) electrons. The van der Waals surface area contributed by atoms with E-state index < -0.39 is 10.9 Å². The molecule has 0 fully saturated rings. The molecule has 2 rings (SSSR count). The fourth-order valence-electron chi connectivity index (χ4n) is 2.36. The van der Waals surface area contributed by atoms with Crippen molar-refractivity contribution in [3.63, 3.8) is 0 Å². The van der Waals surface area contributed by atoms with Gasteiger partial charge in [-0.25, -0.2) is 4.79 Å². The predicted octanol–water partition coefficient (Wildman–Crippen LogP) is 2.98. The molecule has 0 aliphatic rings. The van der Waals surface area contributed by atoms with Crippen LogP contribution in [0.4, 0.5) is 5.69 Å². The number of nitro groups is 1. The minimum absolute atomic E-state index is 0.0603. The standard InChI is InChI=1S/C15H14N2O5/c1-8-12(15(18)19)13(14(17(20)21)9(2)16-8)10-4-6-11(22-3)7-5-10/h4-7H,1-3H3,(H,18,19). The molecule has 0 bridgehead atoms. The van der Waals surface area contributed by atoms with Crippen molar-refractivity contribution in [2.24, 2.45) is 0 Å². The molecule has 2 aromatic rings. The topological polar surface area (TPSA) is 103 Å². The molecule has 0 aliphatic heterocycles. The molecule has 0 spiro atoms. The average Bonchev–Trinajstić information content (AvgIpc) is 2.45. The second-order valence-electron chi connectivity index (χ2n) is 4.67. The van der Waals surface area contributed by atoms with Crippen molar-refractivity contribution in [2.75, 3.05) is 7.11 Å². The van der Waals surface area contributed by atoms with Gasteiger partial charge in [0.05, 0.1) is 28.9 Å². The van der Waals surface area contributed by atoms with Crippen molar-refractivity contribution in [1.82, 2.24) is 4.98 Å². The first-order chi connectivity index (χ1) is 10.4. The van der Waals surface area contributed by atoms with E-state index in [4.69, 9.17) is 4.74 Å². The van der Waals surface area contributed by atoms with Gasteiger partial charge in [0.15, 0.2) is 0 Å². The molecule has 114 valence electrons. The van der Waals surface area contributed by atoms with Crippen LogP contribution >= 0.6 is 0 Å². The van der Waals surface area contributed by atoms with Crippen LogP contribution in [0.1, 0.15) is 21.7 Å². The first-order valence-electron chi connectivity index (χ1n) is 6.40. The third-order valence-corrected chi connectivity index (χ3v) is 3.30. The second-order valence-corrected chi connectivity index (χ2v) is 4.67. The van der Waals surface area contributed by atoms with Gasteiger partial charge in [-0.15, -0.1) is 0 Å². The van der Waals surface area contributed by atoms with Gasteiger partial charge in [-0.1, -0.05) is 12.1 Å². The zero-order chi connectivity index (χ0) is 16.4. The number of hydrogen-bond acceptors (Lipinski definition) is 5. The molecule has 0 aliphatic carbocycles. The summed E-state index contributed by atoms with van der Waals surface area (Å²) in [6.45, 7) is 3.01. The fourth-order valence-corrected chi connectivity index (χ4v) is 2.36. The number of nitrogens with zero attached hydrogens (tertiary/aromatic N) is 2. The number of aryl methyl sites for hydroxylation is 2. The number of carbonyl (C=O) groups is 1. The molecule has 0 atom stereocenters. The third kappa shape index (κ3) is 2.60. The lowest BCUT2D eigenvalue weighted by Crippen LogP contribution is -2.10. The molecular formula is C15H14N2O5. The number of ether oxygens (including phenoxy) is 1. The maximum atomic E-state index is 11.5. The molecule has 7 nitrogen and oxygen atoms in total. The maximum absolute atomic E-state index is 11.5. The third-order valence-electron chi connectivity index (χ3n) is 3.30. The average molecular weight is 302 g/mol. The van der Waals surface area contributed by atoms with E-state index in [-0.39, 0.29) is 28.2 Å². The van der Waals surface area contributed by atoms with E-state index in [2.05, 4.69) is 4.98 Å². The number of benzene rings is 1. The highest BCUT2D eigenvalue weighted by molar-refractivity contribution is 6.00. The Hall–Kier alpha value is -2.96. The lowest BCUT2D eigenvalue weighted by atomic mass is 9.96. The summed E-state index contributed by atoms with van der Waals surface area (Å²) in [4.78, 5) is 26.3. The van der Waals surface area contributed by atoms with E-state index in [1.807, 2.05) is 0 Å². The Labute approximate surface area is 126 Å². The van der Waals surface area contributed by atoms with Gasteiger partial charge in [0.25, 0.3) is 5.69 Å². The number of pyridine rings is 1. The van der Waals surface area contributed by atoms with E-state index in [9.17, 15) is 20.0 Å². The Morgan fingerprint density at radius 3 is 2.27 bits per heavy atom. The number of rotatable bonds is 4. The van der Waals surface area contributed by atoms with Gasteiger partial charge in [-0.05, 0) is 31.5 Å². The highest BCUT2D eigenvalue weighted by Gasteiger charge is 2.28. The van der Waals surface area contributed by atoms with E-state index in [0.717, 1.165) is 0 Å². The number of hydrogen-bond donors (Lipinski definition) is 1. The Balaban J connectivity index is 2.85. The van der Waals surface area contributed by atoms with Crippen molar-refractivity contribution >= 4 is 11.7 Å². The lowest BCUT2D eigenvalue weighted by Gasteiger charge is -2.12. The normalized spacial score (nSPS) is 10.3. The first kappa shape index (κ1) is 15.4. The van der Waals surface area contributed by atoms with Crippen molar-refractivity contribution in [2.45, 2.75) is 13.8 Å². The largest absolute Gasteiger partial charge is 0.497 e. The van der Waals surface area contributed by atoms with E-state index >= 15 is 0 Å². The second kappa shape index (κ2) is 5.80. The fraction of sp³-hybridized carbons (Fsp3) is 0.200. The van der Waals surface area contributed by atoms with Gasteiger partial charge in [0.2, 0.25) is 0 Å². The molecular weight excluding hydrogens is 288 g/mol. The molecule has 0 amide bonds. The number of methoxy groups -OCH3 is 1. The molecule has 1 aromatic carbocycles. The molecule has 1 N–H and O–H groups in total. The summed E-state index contributed by atoms with van der Waals surface area (Å²) in [6, 6.07) is 6.42. The van der Waals surface area contributed by atoms with Crippen LogP contribution in [0.3, 0.4) is 0 Å². The summed E-state index contributed by atoms with van der Waals surface area (Å²) in [5, 5.41) is 20.8. The molecule has 0 unspecified atom stereocenters. The van der Waals surface area contributed by atoms with Gasteiger partial charge >= 0.3 is 5.97 Å². The minimum Gasteiger partial charge on any atom is -0.497 e. The summed E-state index contributed by atoms with van der Waals surface area (Å²) >= 11 is 0. The van der Waals surface area contributed by atoms with Crippen LogP contribution in [-0.4, -0.2) is 28.1 Å². The van der Waals surface area contributed by atoms with Gasteiger partial charge < -0.3 is 9.84 Å². The number of carboxylic acid groups (broad SMARTS) is 1. The van der Waals surface area contributed by atoms with Crippen LogP contribution < -0.4 is 4.74 Å². The van der Waals surface area contributed by atoms with Crippen LogP contribution in [0, 0.1) is 24.0 Å². The Kier molecular flexibility index (Phi) is 4.07. The molecule has 7 heteroatoms. The van der Waals surface area contributed by atoms with E-state index in [0.29, 0.717) is 11.3 Å². The van der Waals surface area contributed by atoms with Crippen LogP contribution in [0.2, 0.25) is 0 Å². The summed E-state index contributed by atoms with van der Waals surface area (Å²) < 4.78 is 5.05. The van der Waals surface area contributed by atoms with Crippen molar-refractivity contribution in [3.05, 3.63) is 51.3 Å². The van der Waals surface area contributed by atoms with Gasteiger partial charge in [0.1, 0.15) is 11.4 Å². The summed E-state index contributed by atoms with van der Waals surface area (Å²) in [5.41, 5.74) is 0.444. The van der Waals surface area contributed by atoms with Crippen LogP contribution in [0.5, 0.6) is 5.75 Å². The predicted molar refractivity (Wildman–Crippen MR) is 79.3 cm³/mol. The molecule has 0 saturated carbocycles. The smallest absolute Gasteiger partial charge is 0.338 e. The summed E-state index contributed by atoms with van der Waals surface area (Å²) in [6.07, 6.45) is 0. The highest BCUT2D eigenvalue weighted by atomic mass is 16.6. The van der Waals surface area contributed by atoms with E-state index in [1.165, 1.54) is 21.0 Å². The number of carboxylic acids is 1. The van der Waals surface area contributed by atoms with Crippen molar-refractivity contribution in [1.29, 1.82) is 0 Å². The van der Waals surface area contributed by atoms with Gasteiger partial charge in [-0.2, -0.15) is 0 Å². The monoisotopic (exact) mass is 302 g/mol. The Morgan fingerprint density at radius 2 is 1.82 bits per heavy atom.